The predicted octanol–water partition coefficient (Wildman–Crippen LogP) is 20.3. The number of aromatic nitrogens is 3. The summed E-state index contributed by atoms with van der Waals surface area (Å²) in [5, 5.41) is 28.5. The molecule has 11 rings (SSSR count). The number of hydrogen-bond donors (Lipinski definition) is 2. The van der Waals surface area contributed by atoms with Crippen molar-refractivity contribution < 1.29 is 10.2 Å². The lowest BCUT2D eigenvalue weighted by atomic mass is 9.78. The Hall–Kier alpha value is -8.41. The Bertz CT molecular complexity index is 3890. The van der Waals surface area contributed by atoms with Crippen LogP contribution < -0.4 is 0 Å². The van der Waals surface area contributed by atoms with E-state index in [1.807, 2.05) is 0 Å². The summed E-state index contributed by atoms with van der Waals surface area (Å²) < 4.78 is 4.75. The third-order valence-corrected chi connectivity index (χ3v) is 16.5. The van der Waals surface area contributed by atoms with E-state index in [-0.39, 0.29) is 33.2 Å². The lowest BCUT2D eigenvalue weighted by Gasteiger charge is -2.27. The van der Waals surface area contributed by atoms with Crippen molar-refractivity contribution in [2.45, 2.75) is 132 Å². The van der Waals surface area contributed by atoms with Crippen LogP contribution in [0.3, 0.4) is 0 Å². The van der Waals surface area contributed by atoms with Crippen molar-refractivity contribution in [3.63, 3.8) is 0 Å². The minimum atomic E-state index is -0.119. The van der Waals surface area contributed by atoms with Crippen LogP contribution >= 0.6 is 0 Å². The first-order valence-electron chi connectivity index (χ1n) is 29.1. The van der Waals surface area contributed by atoms with Gasteiger partial charge in [0.1, 0.15) is 11.5 Å². The van der Waals surface area contributed by atoms with Crippen LogP contribution in [0.2, 0.25) is 0 Å². The highest BCUT2D eigenvalue weighted by atomic mass is 16.3. The maximum absolute atomic E-state index is 13.2. The molecule has 11 aromatic rings. The molecule has 0 atom stereocenters. The van der Waals surface area contributed by atoms with Crippen molar-refractivity contribution >= 4 is 21.8 Å². The largest absolute Gasteiger partial charge is 0.507 e. The first-order valence-corrected chi connectivity index (χ1v) is 29.1. The van der Waals surface area contributed by atoms with E-state index in [9.17, 15) is 10.2 Å². The Kier molecular flexibility index (Phi) is 14.1. The van der Waals surface area contributed by atoms with Gasteiger partial charge in [-0.2, -0.15) is 0 Å². The first-order chi connectivity index (χ1) is 38.8. The molecule has 3 aromatic heterocycles. The Morgan fingerprint density at radius 1 is 0.354 bits per heavy atom. The van der Waals surface area contributed by atoms with Crippen molar-refractivity contribution in [2.75, 3.05) is 0 Å². The maximum atomic E-state index is 13.2. The standard InChI is InChI=1S/C77H79N3O2/c1-48-36-60(52-40-54(74(3,4)5)44-55(41-52)75(6,7)8)72(81)62(38-48)70-68(58-30-21-23-34-66(58)79(70)46-50-26-17-15-18-27-50)64-32-25-33-65(78-64)69-59-31-22-24-35-67(59)80(47-51-28-19-16-20-29-51)71(69)63-39-49(2)37-61(73(63)82)53-42-56(76(9,10)11)45-57(43-53)77(12,13)14/h15-45,81-82H,46-47H2,1-14H3. The molecule has 0 amide bonds. The van der Waals surface area contributed by atoms with Gasteiger partial charge in [0.25, 0.3) is 0 Å². The molecule has 0 bridgehead atoms. The van der Waals surface area contributed by atoms with E-state index in [1.54, 1.807) is 0 Å². The van der Waals surface area contributed by atoms with Gasteiger partial charge in [-0.3, -0.25) is 0 Å². The Labute approximate surface area is 486 Å². The van der Waals surface area contributed by atoms with Crippen molar-refractivity contribution in [3.05, 3.63) is 233 Å². The minimum absolute atomic E-state index is 0.119. The van der Waals surface area contributed by atoms with E-state index in [1.165, 1.54) is 22.3 Å². The summed E-state index contributed by atoms with van der Waals surface area (Å²) in [6, 6.07) is 67.1. The third-order valence-electron chi connectivity index (χ3n) is 16.5. The lowest BCUT2D eigenvalue weighted by molar-refractivity contribution is 0.478. The number of rotatable bonds is 10. The van der Waals surface area contributed by atoms with E-state index in [0.717, 1.165) is 111 Å². The van der Waals surface area contributed by atoms with Gasteiger partial charge in [-0.25, -0.2) is 4.98 Å². The van der Waals surface area contributed by atoms with E-state index < -0.39 is 0 Å². The van der Waals surface area contributed by atoms with Crippen LogP contribution in [0.4, 0.5) is 0 Å². The number of aromatic hydroxyl groups is 2. The molecular weight excluding hydrogens is 999 g/mol. The summed E-state index contributed by atoms with van der Waals surface area (Å²) >= 11 is 0. The van der Waals surface area contributed by atoms with E-state index in [0.29, 0.717) is 13.1 Å². The number of pyridine rings is 1. The van der Waals surface area contributed by atoms with Crippen molar-refractivity contribution in [1.29, 1.82) is 0 Å². The number of aryl methyl sites for hydroxylation is 2. The molecule has 0 radical (unpaired) electrons. The smallest absolute Gasteiger partial charge is 0.132 e. The summed E-state index contributed by atoms with van der Waals surface area (Å²) in [6.45, 7) is 32.5. The number of hydrogen-bond acceptors (Lipinski definition) is 3. The molecule has 0 aliphatic carbocycles. The van der Waals surface area contributed by atoms with E-state index in [2.05, 4.69) is 294 Å². The zero-order chi connectivity index (χ0) is 58.2. The van der Waals surface area contributed by atoms with Gasteiger partial charge >= 0.3 is 0 Å². The minimum Gasteiger partial charge on any atom is -0.507 e. The number of nitrogens with zero attached hydrogens (tertiary/aromatic N) is 3. The molecule has 0 saturated carbocycles. The lowest BCUT2D eigenvalue weighted by Crippen LogP contribution is -2.16. The highest BCUT2D eigenvalue weighted by Gasteiger charge is 2.31. The van der Waals surface area contributed by atoms with Gasteiger partial charge in [0.15, 0.2) is 0 Å². The van der Waals surface area contributed by atoms with Gasteiger partial charge in [-0.05, 0) is 140 Å². The van der Waals surface area contributed by atoms with Crippen molar-refractivity contribution in [3.8, 4) is 78.8 Å². The average molecular weight is 1080 g/mol. The van der Waals surface area contributed by atoms with Gasteiger partial charge in [0.05, 0.1) is 22.8 Å². The Balaban J connectivity index is 1.20. The van der Waals surface area contributed by atoms with Gasteiger partial charge in [0.2, 0.25) is 0 Å². The van der Waals surface area contributed by atoms with Crippen LogP contribution in [-0.4, -0.2) is 24.3 Å². The summed E-state index contributed by atoms with van der Waals surface area (Å²) in [4.78, 5) is 5.86. The van der Waals surface area contributed by atoms with Gasteiger partial charge in [-0.1, -0.05) is 223 Å². The van der Waals surface area contributed by atoms with Crippen LogP contribution in [0.1, 0.15) is 128 Å². The molecule has 0 spiro atoms. The molecule has 3 heterocycles. The summed E-state index contributed by atoms with van der Waals surface area (Å²) in [7, 11) is 0. The van der Waals surface area contributed by atoms with Crippen LogP contribution in [-0.2, 0) is 34.7 Å². The average Bonchev–Trinajstić information content (AvgIpc) is 2.27. The fraction of sp³-hybridized carbons (Fsp3) is 0.260. The predicted molar refractivity (Wildman–Crippen MR) is 347 cm³/mol. The highest BCUT2D eigenvalue weighted by Crippen LogP contribution is 2.51. The molecule has 5 heteroatoms. The monoisotopic (exact) mass is 1080 g/mol. The molecule has 0 unspecified atom stereocenters. The maximum Gasteiger partial charge on any atom is 0.132 e. The summed E-state index contributed by atoms with van der Waals surface area (Å²) in [5.41, 5.74) is 21.1. The molecule has 0 aliphatic heterocycles. The Morgan fingerprint density at radius 3 is 1.01 bits per heavy atom. The Morgan fingerprint density at radius 2 is 0.671 bits per heavy atom. The number of phenols is 2. The van der Waals surface area contributed by atoms with Gasteiger partial charge < -0.3 is 19.3 Å². The second-order valence-corrected chi connectivity index (χ2v) is 27.0. The van der Waals surface area contributed by atoms with E-state index >= 15 is 0 Å². The zero-order valence-electron chi connectivity index (χ0n) is 50.5. The first kappa shape index (κ1) is 55.5. The third kappa shape index (κ3) is 10.6. The molecule has 82 heavy (non-hydrogen) atoms. The second-order valence-electron chi connectivity index (χ2n) is 27.0. The summed E-state index contributed by atoms with van der Waals surface area (Å²) in [6.07, 6.45) is 0. The zero-order valence-corrected chi connectivity index (χ0v) is 50.5. The number of benzene rings is 8. The van der Waals surface area contributed by atoms with Gasteiger partial charge in [0, 0.05) is 68.3 Å². The van der Waals surface area contributed by atoms with Crippen molar-refractivity contribution in [2.24, 2.45) is 0 Å². The molecule has 2 N–H and O–H groups in total. The topological polar surface area (TPSA) is 63.2 Å². The fourth-order valence-electron chi connectivity index (χ4n) is 11.9. The van der Waals surface area contributed by atoms with Gasteiger partial charge in [-0.15, -0.1) is 0 Å². The quantitative estimate of drug-likeness (QED) is 0.143. The number of fused-ring (bicyclic) bond motifs is 2. The van der Waals surface area contributed by atoms with Crippen molar-refractivity contribution in [1.82, 2.24) is 14.1 Å². The normalized spacial score (nSPS) is 12.5. The second kappa shape index (κ2) is 20.8. The molecule has 0 fully saturated rings. The fourth-order valence-corrected chi connectivity index (χ4v) is 11.9. The summed E-state index contributed by atoms with van der Waals surface area (Å²) in [5.74, 6) is 0.455. The van der Waals surface area contributed by atoms with Crippen LogP contribution in [0.15, 0.2) is 188 Å². The number of para-hydroxylation sites is 2. The van der Waals surface area contributed by atoms with Crippen LogP contribution in [0.5, 0.6) is 11.5 Å². The molecule has 8 aromatic carbocycles. The van der Waals surface area contributed by atoms with E-state index in [4.69, 9.17) is 4.98 Å². The number of phenolic OH excluding ortho intramolecular Hbond substituents is 2. The van der Waals surface area contributed by atoms with Crippen LogP contribution in [0.25, 0.3) is 89.1 Å². The molecule has 0 aliphatic rings. The SMILES string of the molecule is Cc1cc(-c2cc(C(C)(C)C)cc(C(C)(C)C)c2)c(O)c(-c2c(-c3cccc(-c4c(-c5cc(C)cc(-c6cc(C(C)(C)C)cc(C(C)(C)C)c6)c5O)n(Cc5ccccc5)c5ccccc45)n3)c3ccccc3n2Cc2ccccc2)c1. The molecule has 0 saturated heterocycles. The molecule has 414 valence electrons. The highest BCUT2D eigenvalue weighted by molar-refractivity contribution is 6.08. The molecule has 5 nitrogen and oxygen atoms in total. The van der Waals surface area contributed by atoms with Crippen LogP contribution in [0, 0.1) is 13.8 Å². The molecular formula is C77H79N3O2.